The molecule has 0 N–H and O–H groups in total. The van der Waals surface area contributed by atoms with Gasteiger partial charge in [0.15, 0.2) is 0 Å². The second kappa shape index (κ2) is 6.74. The molecule has 114 valence electrons. The summed E-state index contributed by atoms with van der Waals surface area (Å²) < 4.78 is 7.74. The third kappa shape index (κ3) is 3.48. The van der Waals surface area contributed by atoms with Crippen LogP contribution in [0.4, 0.5) is 0 Å². The van der Waals surface area contributed by atoms with Crippen LogP contribution in [0.5, 0.6) is 11.5 Å². The van der Waals surface area contributed by atoms with Crippen molar-refractivity contribution in [2.75, 3.05) is 0 Å². The van der Waals surface area contributed by atoms with Gasteiger partial charge in [0.1, 0.15) is 22.6 Å². The predicted molar refractivity (Wildman–Crippen MR) is 89.0 cm³/mol. The van der Waals surface area contributed by atoms with Crippen molar-refractivity contribution in [2.24, 2.45) is 0 Å². The van der Waals surface area contributed by atoms with Crippen LogP contribution in [0, 0.1) is 11.3 Å². The summed E-state index contributed by atoms with van der Waals surface area (Å²) >= 11 is 12.1. The topological polar surface area (TPSA) is 50.8 Å². The zero-order valence-electron chi connectivity index (χ0n) is 11.9. The van der Waals surface area contributed by atoms with Crippen LogP contribution in [0.2, 0.25) is 10.0 Å². The Morgan fingerprint density at radius 3 is 2.78 bits per heavy atom. The van der Waals surface area contributed by atoms with Crippen LogP contribution in [-0.2, 0) is 6.54 Å². The number of halogens is 2. The third-order valence-corrected chi connectivity index (χ3v) is 4.03. The maximum Gasteiger partial charge on any atom is 0.147 e. The summed E-state index contributed by atoms with van der Waals surface area (Å²) in [6, 6.07) is 12.7. The molecule has 3 rings (SSSR count). The fraction of sp³-hybridized carbons (Fsp3) is 0.0588. The van der Waals surface area contributed by atoms with Crippen molar-refractivity contribution in [1.82, 2.24) is 9.55 Å². The highest BCUT2D eigenvalue weighted by atomic mass is 35.5. The summed E-state index contributed by atoms with van der Waals surface area (Å²) in [7, 11) is 0. The van der Waals surface area contributed by atoms with Gasteiger partial charge in [-0.3, -0.25) is 0 Å². The van der Waals surface area contributed by atoms with E-state index in [9.17, 15) is 5.26 Å². The molecule has 0 aliphatic carbocycles. The Morgan fingerprint density at radius 1 is 1.17 bits per heavy atom. The molecule has 0 radical (unpaired) electrons. The molecule has 3 aromatic rings. The lowest BCUT2D eigenvalue weighted by atomic mass is 10.1. The second-order valence-corrected chi connectivity index (χ2v) is 5.62. The molecule has 2 aromatic carbocycles. The Labute approximate surface area is 143 Å². The lowest BCUT2D eigenvalue weighted by molar-refractivity contribution is 0.480. The van der Waals surface area contributed by atoms with Crippen LogP contribution < -0.4 is 4.74 Å². The molecule has 0 saturated heterocycles. The lowest BCUT2D eigenvalue weighted by Crippen LogP contribution is -1.98. The van der Waals surface area contributed by atoms with E-state index in [-0.39, 0.29) is 0 Å². The summed E-state index contributed by atoms with van der Waals surface area (Å²) in [6.45, 7) is 0.630. The van der Waals surface area contributed by atoms with Gasteiger partial charge in [-0.2, -0.15) is 5.26 Å². The molecule has 23 heavy (non-hydrogen) atoms. The fourth-order valence-corrected chi connectivity index (χ4v) is 2.44. The van der Waals surface area contributed by atoms with E-state index >= 15 is 0 Å². The van der Waals surface area contributed by atoms with Gasteiger partial charge in [0.2, 0.25) is 0 Å². The van der Waals surface area contributed by atoms with Crippen LogP contribution in [0.15, 0.2) is 55.1 Å². The Kier molecular flexibility index (Phi) is 4.52. The van der Waals surface area contributed by atoms with Gasteiger partial charge in [0.05, 0.1) is 16.9 Å². The molecule has 0 bridgehead atoms. The molecule has 1 heterocycles. The lowest BCUT2D eigenvalue weighted by Gasteiger charge is -2.11. The fourth-order valence-electron chi connectivity index (χ4n) is 2.11. The minimum atomic E-state index is 0.318. The van der Waals surface area contributed by atoms with E-state index in [2.05, 4.69) is 11.1 Å². The smallest absolute Gasteiger partial charge is 0.147 e. The van der Waals surface area contributed by atoms with Crippen molar-refractivity contribution in [3.63, 3.8) is 0 Å². The number of nitriles is 1. The van der Waals surface area contributed by atoms with Gasteiger partial charge in [-0.25, -0.2) is 4.98 Å². The summed E-state index contributed by atoms with van der Waals surface area (Å²) in [4.78, 5) is 4.01. The molecule has 0 amide bonds. The molecule has 0 saturated carbocycles. The number of rotatable bonds is 4. The van der Waals surface area contributed by atoms with Crippen molar-refractivity contribution in [3.05, 3.63) is 76.3 Å². The number of aromatic nitrogens is 2. The molecule has 0 aliphatic heterocycles. The first-order chi connectivity index (χ1) is 11.2. The SMILES string of the molecule is N#Cc1ccc(Cn2ccnc2)cc1Oc1cccc(Cl)c1Cl. The molecule has 6 heteroatoms. The second-order valence-electron chi connectivity index (χ2n) is 4.83. The van der Waals surface area contributed by atoms with Gasteiger partial charge >= 0.3 is 0 Å². The Morgan fingerprint density at radius 2 is 2.04 bits per heavy atom. The van der Waals surface area contributed by atoms with Crippen LogP contribution in [0.1, 0.15) is 11.1 Å². The van der Waals surface area contributed by atoms with Gasteiger partial charge < -0.3 is 9.30 Å². The van der Waals surface area contributed by atoms with E-state index in [0.29, 0.717) is 33.7 Å². The average molecular weight is 344 g/mol. The quantitative estimate of drug-likeness (QED) is 0.676. The van der Waals surface area contributed by atoms with Crippen LogP contribution in [0.25, 0.3) is 0 Å². The van der Waals surface area contributed by atoms with E-state index in [0.717, 1.165) is 5.56 Å². The molecule has 0 fully saturated rings. The van der Waals surface area contributed by atoms with Gasteiger partial charge in [-0.1, -0.05) is 35.3 Å². The zero-order chi connectivity index (χ0) is 16.2. The van der Waals surface area contributed by atoms with Crippen molar-refractivity contribution < 1.29 is 4.74 Å². The zero-order valence-corrected chi connectivity index (χ0v) is 13.4. The van der Waals surface area contributed by atoms with E-state index in [4.69, 9.17) is 27.9 Å². The molecule has 0 unspecified atom stereocenters. The third-order valence-electron chi connectivity index (χ3n) is 3.23. The van der Waals surface area contributed by atoms with Gasteiger partial charge in [-0.05, 0) is 29.8 Å². The Balaban J connectivity index is 1.93. The molecule has 0 spiro atoms. The number of hydrogen-bond acceptors (Lipinski definition) is 3. The first-order valence-electron chi connectivity index (χ1n) is 6.78. The predicted octanol–water partition coefficient (Wildman–Crippen LogP) is 4.90. The van der Waals surface area contributed by atoms with Crippen LogP contribution in [-0.4, -0.2) is 9.55 Å². The van der Waals surface area contributed by atoms with Gasteiger partial charge in [0.25, 0.3) is 0 Å². The molecule has 4 nitrogen and oxygen atoms in total. The minimum absolute atomic E-state index is 0.318. The Bertz CT molecular complexity index is 870. The van der Waals surface area contributed by atoms with Gasteiger partial charge in [0, 0.05) is 18.9 Å². The summed E-state index contributed by atoms with van der Waals surface area (Å²) in [5.41, 5.74) is 1.41. The molecule has 1 aromatic heterocycles. The number of benzene rings is 2. The summed E-state index contributed by atoms with van der Waals surface area (Å²) in [5, 5.41) is 9.98. The standard InChI is InChI=1S/C17H11Cl2N3O/c18-14-2-1-3-15(17(14)19)23-16-8-12(4-5-13(16)9-20)10-22-7-6-21-11-22/h1-8,11H,10H2. The minimum Gasteiger partial charge on any atom is -0.454 e. The maximum atomic E-state index is 9.26. The highest BCUT2D eigenvalue weighted by molar-refractivity contribution is 6.42. The first kappa shape index (κ1) is 15.4. The average Bonchev–Trinajstić information content (AvgIpc) is 3.05. The first-order valence-corrected chi connectivity index (χ1v) is 7.53. The highest BCUT2D eigenvalue weighted by Gasteiger charge is 2.11. The normalized spacial score (nSPS) is 10.3. The van der Waals surface area contributed by atoms with Crippen LogP contribution >= 0.6 is 23.2 Å². The highest BCUT2D eigenvalue weighted by Crippen LogP contribution is 2.36. The number of nitrogens with zero attached hydrogens (tertiary/aromatic N) is 3. The molecular weight excluding hydrogens is 333 g/mol. The van der Waals surface area contributed by atoms with Crippen molar-refractivity contribution in [2.45, 2.75) is 6.54 Å². The van der Waals surface area contributed by atoms with E-state index in [1.54, 1.807) is 36.8 Å². The number of imidazole rings is 1. The molecule has 0 aliphatic rings. The van der Waals surface area contributed by atoms with Crippen molar-refractivity contribution in [1.29, 1.82) is 5.26 Å². The largest absolute Gasteiger partial charge is 0.454 e. The van der Waals surface area contributed by atoms with Crippen molar-refractivity contribution in [3.8, 4) is 17.6 Å². The van der Waals surface area contributed by atoms with Crippen molar-refractivity contribution >= 4 is 23.2 Å². The molecular formula is C17H11Cl2N3O. The maximum absolute atomic E-state index is 9.26. The number of ether oxygens (including phenoxy) is 1. The monoisotopic (exact) mass is 343 g/mol. The van der Waals surface area contributed by atoms with Gasteiger partial charge in [-0.15, -0.1) is 0 Å². The van der Waals surface area contributed by atoms with E-state index in [1.807, 2.05) is 22.9 Å². The molecule has 0 atom stereocenters. The Hall–Kier alpha value is -2.48. The summed E-state index contributed by atoms with van der Waals surface area (Å²) in [5.74, 6) is 0.852. The van der Waals surface area contributed by atoms with E-state index in [1.165, 1.54) is 0 Å². The van der Waals surface area contributed by atoms with E-state index < -0.39 is 0 Å². The number of hydrogen-bond donors (Lipinski definition) is 0. The van der Waals surface area contributed by atoms with Crippen LogP contribution in [0.3, 0.4) is 0 Å². The summed E-state index contributed by atoms with van der Waals surface area (Å²) in [6.07, 6.45) is 5.31.